The Labute approximate surface area is 114 Å². The fourth-order valence-corrected chi connectivity index (χ4v) is 2.50. The Morgan fingerprint density at radius 3 is 2.78 bits per heavy atom. The number of amides is 2. The summed E-state index contributed by atoms with van der Waals surface area (Å²) in [5.74, 6) is 0. The first-order valence-electron chi connectivity index (χ1n) is 6.83. The minimum absolute atomic E-state index is 0.0578. The second-order valence-corrected chi connectivity index (χ2v) is 5.42. The van der Waals surface area contributed by atoms with Crippen molar-refractivity contribution in [3.8, 4) is 0 Å². The van der Waals surface area contributed by atoms with Crippen LogP contribution in [-0.4, -0.2) is 24.0 Å². The first-order chi connectivity index (χ1) is 8.77. The van der Waals surface area contributed by atoms with Crippen LogP contribution in [0.4, 0.5) is 4.79 Å². The molecule has 0 unspecified atom stereocenters. The van der Waals surface area contributed by atoms with Gasteiger partial charge in [-0.05, 0) is 24.8 Å². The topological polar surface area (TPSA) is 32.3 Å². The number of rotatable bonds is 8. The summed E-state index contributed by atoms with van der Waals surface area (Å²) >= 11 is 1.70. The van der Waals surface area contributed by atoms with E-state index in [0.29, 0.717) is 0 Å². The van der Waals surface area contributed by atoms with Crippen LogP contribution in [0.1, 0.15) is 44.4 Å². The molecule has 1 heterocycles. The molecule has 1 rings (SSSR count). The summed E-state index contributed by atoms with van der Waals surface area (Å²) in [5.41, 5.74) is 0. The smallest absolute Gasteiger partial charge is 0.317 e. The van der Waals surface area contributed by atoms with E-state index in [-0.39, 0.29) is 6.03 Å². The maximum atomic E-state index is 12.0. The lowest BCUT2D eigenvalue weighted by atomic mass is 10.2. The highest BCUT2D eigenvalue weighted by Gasteiger charge is 2.11. The lowest BCUT2D eigenvalue weighted by Crippen LogP contribution is -2.39. The Hall–Kier alpha value is -1.03. The first kappa shape index (κ1) is 15.0. The number of hydrogen-bond donors (Lipinski definition) is 1. The molecule has 4 heteroatoms. The quantitative estimate of drug-likeness (QED) is 0.713. The third-order valence-electron chi connectivity index (χ3n) is 2.90. The average Bonchev–Trinajstić information content (AvgIpc) is 2.88. The van der Waals surface area contributed by atoms with Crippen LogP contribution in [0, 0.1) is 0 Å². The predicted molar refractivity (Wildman–Crippen MR) is 77.9 cm³/mol. The van der Waals surface area contributed by atoms with Crippen LogP contribution in [-0.2, 0) is 6.54 Å². The molecule has 1 aromatic rings. The number of nitrogens with one attached hydrogen (secondary N) is 1. The fourth-order valence-electron chi connectivity index (χ4n) is 1.78. The van der Waals surface area contributed by atoms with Crippen LogP contribution in [0.2, 0.25) is 0 Å². The minimum atomic E-state index is 0.0578. The highest BCUT2D eigenvalue weighted by Crippen LogP contribution is 2.11. The molecule has 0 aromatic carbocycles. The van der Waals surface area contributed by atoms with E-state index in [1.54, 1.807) is 11.3 Å². The zero-order valence-electron chi connectivity index (χ0n) is 11.4. The second-order valence-electron chi connectivity index (χ2n) is 4.39. The molecule has 18 heavy (non-hydrogen) atoms. The summed E-state index contributed by atoms with van der Waals surface area (Å²) in [5, 5.41) is 5.04. The molecule has 0 saturated carbocycles. The van der Waals surface area contributed by atoms with Crippen molar-refractivity contribution in [2.24, 2.45) is 0 Å². The van der Waals surface area contributed by atoms with Crippen LogP contribution >= 0.6 is 11.3 Å². The van der Waals surface area contributed by atoms with Gasteiger partial charge in [-0.15, -0.1) is 11.3 Å². The number of unbranched alkanes of at least 4 members (excludes halogenated alkanes) is 3. The summed E-state index contributed by atoms with van der Waals surface area (Å²) in [4.78, 5) is 15.0. The highest BCUT2D eigenvalue weighted by molar-refractivity contribution is 7.09. The van der Waals surface area contributed by atoms with Gasteiger partial charge < -0.3 is 10.2 Å². The standard InChI is InChI=1S/C14H24N2OS/c1-3-5-6-7-10-15-14(17)16(4-2)12-13-9-8-11-18-13/h8-9,11H,3-7,10,12H2,1-2H3,(H,15,17). The molecule has 0 radical (unpaired) electrons. The molecule has 0 bridgehead atoms. The number of nitrogens with zero attached hydrogens (tertiary/aromatic N) is 1. The molecule has 0 aliphatic heterocycles. The second kappa shape index (κ2) is 8.97. The largest absolute Gasteiger partial charge is 0.338 e. The van der Waals surface area contributed by atoms with Crippen LogP contribution in [0.15, 0.2) is 17.5 Å². The maximum absolute atomic E-state index is 12.0. The van der Waals surface area contributed by atoms with Gasteiger partial charge in [0.25, 0.3) is 0 Å². The summed E-state index contributed by atoms with van der Waals surface area (Å²) in [6, 6.07) is 4.15. The molecular weight excluding hydrogens is 244 g/mol. The molecule has 1 aromatic heterocycles. The van der Waals surface area contributed by atoms with Gasteiger partial charge in [-0.25, -0.2) is 4.79 Å². The van der Waals surface area contributed by atoms with Crippen molar-refractivity contribution in [1.29, 1.82) is 0 Å². The van der Waals surface area contributed by atoms with E-state index < -0.39 is 0 Å². The number of thiophene rings is 1. The van der Waals surface area contributed by atoms with Crippen LogP contribution in [0.3, 0.4) is 0 Å². The molecule has 0 aliphatic carbocycles. The van der Waals surface area contributed by atoms with Gasteiger partial charge in [-0.3, -0.25) is 0 Å². The van der Waals surface area contributed by atoms with Gasteiger partial charge in [0.05, 0.1) is 6.54 Å². The SMILES string of the molecule is CCCCCCNC(=O)N(CC)Cc1cccs1. The Bertz CT molecular complexity index is 325. The van der Waals surface area contributed by atoms with E-state index in [0.717, 1.165) is 26.1 Å². The third kappa shape index (κ3) is 5.54. The minimum Gasteiger partial charge on any atom is -0.338 e. The van der Waals surface area contributed by atoms with Gasteiger partial charge in [-0.2, -0.15) is 0 Å². The third-order valence-corrected chi connectivity index (χ3v) is 3.76. The van der Waals surface area contributed by atoms with Gasteiger partial charge in [0, 0.05) is 18.0 Å². The molecule has 0 fully saturated rings. The monoisotopic (exact) mass is 268 g/mol. The van der Waals surface area contributed by atoms with Crippen molar-refractivity contribution >= 4 is 17.4 Å². The van der Waals surface area contributed by atoms with Gasteiger partial charge in [-0.1, -0.05) is 32.3 Å². The van der Waals surface area contributed by atoms with Crippen molar-refractivity contribution in [1.82, 2.24) is 10.2 Å². The normalized spacial score (nSPS) is 10.3. The number of carbonyl (C=O) groups is 1. The van der Waals surface area contributed by atoms with Crippen molar-refractivity contribution in [2.45, 2.75) is 46.1 Å². The van der Waals surface area contributed by atoms with Gasteiger partial charge in [0.2, 0.25) is 0 Å². The zero-order chi connectivity index (χ0) is 13.2. The molecule has 1 N–H and O–H groups in total. The fraction of sp³-hybridized carbons (Fsp3) is 0.643. The molecule has 102 valence electrons. The van der Waals surface area contributed by atoms with E-state index in [9.17, 15) is 4.79 Å². The highest BCUT2D eigenvalue weighted by atomic mass is 32.1. The van der Waals surface area contributed by atoms with E-state index in [2.05, 4.69) is 18.3 Å². The molecule has 0 spiro atoms. The van der Waals surface area contributed by atoms with E-state index in [1.165, 1.54) is 24.1 Å². The Morgan fingerprint density at radius 1 is 1.33 bits per heavy atom. The molecule has 3 nitrogen and oxygen atoms in total. The van der Waals surface area contributed by atoms with Crippen LogP contribution in [0.5, 0.6) is 0 Å². The summed E-state index contributed by atoms with van der Waals surface area (Å²) in [6.45, 7) is 6.47. The lowest BCUT2D eigenvalue weighted by molar-refractivity contribution is 0.198. The lowest BCUT2D eigenvalue weighted by Gasteiger charge is -2.20. The molecule has 0 atom stereocenters. The van der Waals surface area contributed by atoms with Crippen molar-refractivity contribution in [3.05, 3.63) is 22.4 Å². The van der Waals surface area contributed by atoms with Crippen molar-refractivity contribution < 1.29 is 4.79 Å². The molecule has 2 amide bonds. The average molecular weight is 268 g/mol. The van der Waals surface area contributed by atoms with Crippen molar-refractivity contribution in [3.63, 3.8) is 0 Å². The number of hydrogen-bond acceptors (Lipinski definition) is 2. The van der Waals surface area contributed by atoms with Gasteiger partial charge >= 0.3 is 6.03 Å². The Balaban J connectivity index is 2.24. The Morgan fingerprint density at radius 2 is 2.17 bits per heavy atom. The Kier molecular flexibility index (Phi) is 7.49. The summed E-state index contributed by atoms with van der Waals surface area (Å²) < 4.78 is 0. The summed E-state index contributed by atoms with van der Waals surface area (Å²) in [6.07, 6.45) is 4.76. The van der Waals surface area contributed by atoms with E-state index in [4.69, 9.17) is 0 Å². The zero-order valence-corrected chi connectivity index (χ0v) is 12.3. The van der Waals surface area contributed by atoms with Gasteiger partial charge in [0.1, 0.15) is 0 Å². The van der Waals surface area contributed by atoms with E-state index >= 15 is 0 Å². The van der Waals surface area contributed by atoms with Crippen LogP contribution in [0.25, 0.3) is 0 Å². The van der Waals surface area contributed by atoms with Crippen molar-refractivity contribution in [2.75, 3.05) is 13.1 Å². The number of urea groups is 1. The van der Waals surface area contributed by atoms with Crippen LogP contribution < -0.4 is 5.32 Å². The summed E-state index contributed by atoms with van der Waals surface area (Å²) in [7, 11) is 0. The molecule has 0 saturated heterocycles. The maximum Gasteiger partial charge on any atom is 0.317 e. The first-order valence-corrected chi connectivity index (χ1v) is 7.71. The van der Waals surface area contributed by atoms with Gasteiger partial charge in [0.15, 0.2) is 0 Å². The predicted octanol–water partition coefficient (Wildman–Crippen LogP) is 3.86. The number of carbonyl (C=O) groups excluding carboxylic acids is 1. The molecule has 0 aliphatic rings. The molecular formula is C14H24N2OS. The van der Waals surface area contributed by atoms with E-state index in [1.807, 2.05) is 23.3 Å².